The minimum Gasteiger partial charge on any atom is -0.456 e. The number of nitrogens with zero attached hydrogens (tertiary/aromatic N) is 3. The molecule has 0 N–H and O–H groups in total. The van der Waals surface area contributed by atoms with Crippen LogP contribution >= 0.6 is 0 Å². The van der Waals surface area contributed by atoms with Crippen LogP contribution in [0.25, 0.3) is 0 Å². The van der Waals surface area contributed by atoms with Crippen LogP contribution in [0, 0.1) is 13.8 Å². The van der Waals surface area contributed by atoms with Gasteiger partial charge in [-0.1, -0.05) is 48.5 Å². The molecule has 1 amide bonds. The van der Waals surface area contributed by atoms with E-state index in [9.17, 15) is 4.79 Å². The lowest BCUT2D eigenvalue weighted by atomic mass is 9.74. The van der Waals surface area contributed by atoms with Crippen molar-refractivity contribution in [1.82, 2.24) is 0 Å². The van der Waals surface area contributed by atoms with Crippen molar-refractivity contribution in [3.05, 3.63) is 112 Å². The summed E-state index contributed by atoms with van der Waals surface area (Å²) in [6, 6.07) is 27.4. The van der Waals surface area contributed by atoms with Crippen LogP contribution in [0.2, 0.25) is 0 Å². The summed E-state index contributed by atoms with van der Waals surface area (Å²) in [6.45, 7) is 16.5. The van der Waals surface area contributed by atoms with Crippen molar-refractivity contribution in [1.29, 1.82) is 0 Å². The lowest BCUT2D eigenvalue weighted by Crippen LogP contribution is -2.48. The number of carbonyl (C=O) groups excluding carboxylic acids is 1. The summed E-state index contributed by atoms with van der Waals surface area (Å²) in [5.74, 6) is 1.59. The van der Waals surface area contributed by atoms with E-state index in [2.05, 4.69) is 117 Å². The van der Waals surface area contributed by atoms with Crippen molar-refractivity contribution in [3.8, 4) is 11.5 Å². The van der Waals surface area contributed by atoms with Crippen LogP contribution in [0.15, 0.2) is 78.9 Å². The van der Waals surface area contributed by atoms with Gasteiger partial charge in [-0.25, -0.2) is 0 Å². The van der Waals surface area contributed by atoms with Crippen molar-refractivity contribution in [2.75, 3.05) is 40.9 Å². The van der Waals surface area contributed by atoms with E-state index < -0.39 is 5.54 Å². The second kappa shape index (κ2) is 10.3. The fourth-order valence-corrected chi connectivity index (χ4v) is 6.96. The molecule has 0 aromatic heterocycles. The molecule has 0 atom stereocenters. The molecule has 5 nitrogen and oxygen atoms in total. The maximum atomic E-state index is 14.6. The summed E-state index contributed by atoms with van der Waals surface area (Å²) in [5, 5.41) is 0. The number of fused-ring (bicyclic) bond motifs is 6. The minimum absolute atomic E-state index is 0.0115. The van der Waals surface area contributed by atoms with E-state index >= 15 is 0 Å². The number of hydrogen-bond acceptors (Lipinski definition) is 4. The van der Waals surface area contributed by atoms with Gasteiger partial charge in [-0.2, -0.15) is 0 Å². The monoisotopic (exact) mass is 545 g/mol. The number of anilines is 3. The summed E-state index contributed by atoms with van der Waals surface area (Å²) in [6.07, 6.45) is 0. The topological polar surface area (TPSA) is 36.0 Å². The molecule has 0 saturated carbocycles. The van der Waals surface area contributed by atoms with Crippen LogP contribution in [-0.2, 0) is 5.54 Å². The van der Waals surface area contributed by atoms with Gasteiger partial charge >= 0.3 is 0 Å². The molecule has 0 saturated heterocycles. The maximum absolute atomic E-state index is 14.6. The number of aryl methyl sites for hydroxylation is 2. The summed E-state index contributed by atoms with van der Waals surface area (Å²) in [5.41, 5.74) is 8.13. The number of hydrogen-bond donors (Lipinski definition) is 0. The first-order chi connectivity index (χ1) is 19.9. The highest BCUT2D eigenvalue weighted by atomic mass is 16.5. The maximum Gasteiger partial charge on any atom is 0.260 e. The number of amides is 1. The Labute approximate surface area is 244 Å². The predicted octanol–water partition coefficient (Wildman–Crippen LogP) is 8.05. The molecular formula is C36H39N3O2. The Balaban J connectivity index is 1.73. The van der Waals surface area contributed by atoms with E-state index in [0.717, 1.165) is 88.1 Å². The molecular weight excluding hydrogens is 506 g/mol. The predicted molar refractivity (Wildman–Crippen MR) is 169 cm³/mol. The van der Waals surface area contributed by atoms with Crippen LogP contribution < -0.4 is 19.4 Å². The Bertz CT molecular complexity index is 1550. The molecule has 0 aliphatic carbocycles. The van der Waals surface area contributed by atoms with Crippen molar-refractivity contribution in [2.45, 2.75) is 47.1 Å². The quantitative estimate of drug-likeness (QED) is 0.235. The molecule has 0 radical (unpaired) electrons. The molecule has 0 unspecified atom stereocenters. The van der Waals surface area contributed by atoms with Crippen molar-refractivity contribution in [2.24, 2.45) is 0 Å². The molecule has 0 bridgehead atoms. The van der Waals surface area contributed by atoms with Crippen molar-refractivity contribution in [3.63, 3.8) is 0 Å². The summed E-state index contributed by atoms with van der Waals surface area (Å²) in [4.78, 5) is 21.3. The van der Waals surface area contributed by atoms with Gasteiger partial charge in [0, 0.05) is 71.9 Å². The largest absolute Gasteiger partial charge is 0.456 e. The molecule has 5 heteroatoms. The van der Waals surface area contributed by atoms with Gasteiger partial charge in [0.05, 0.1) is 5.69 Å². The van der Waals surface area contributed by atoms with E-state index in [0.29, 0.717) is 0 Å². The van der Waals surface area contributed by atoms with Gasteiger partial charge in [0.15, 0.2) is 0 Å². The summed E-state index contributed by atoms with van der Waals surface area (Å²) < 4.78 is 6.83. The van der Waals surface area contributed by atoms with Gasteiger partial charge in [0.1, 0.15) is 17.0 Å². The highest BCUT2D eigenvalue weighted by molar-refractivity contribution is 6.15. The zero-order chi connectivity index (χ0) is 28.9. The van der Waals surface area contributed by atoms with E-state index in [1.165, 1.54) is 0 Å². The summed E-state index contributed by atoms with van der Waals surface area (Å²) in [7, 11) is 0. The molecule has 2 heterocycles. The second-order valence-electron chi connectivity index (χ2n) is 10.9. The number of benzene rings is 4. The Morgan fingerprint density at radius 2 is 1.17 bits per heavy atom. The molecule has 2 aliphatic rings. The fourth-order valence-electron chi connectivity index (χ4n) is 6.96. The Morgan fingerprint density at radius 3 is 1.68 bits per heavy atom. The van der Waals surface area contributed by atoms with Gasteiger partial charge in [-0.05, 0) is 70.9 Å². The van der Waals surface area contributed by atoms with E-state index in [1.807, 2.05) is 18.2 Å². The van der Waals surface area contributed by atoms with Crippen LogP contribution in [0.3, 0.4) is 0 Å². The number of para-hydroxylation sites is 1. The SMILES string of the molecule is CCN(CC)c1ccc2c(c1)Oc1cc(N(CC)CC)ccc1C21c2ccccc2C(=O)N1c1c(C)cccc1C. The molecule has 1 spiro atoms. The fraction of sp³-hybridized carbons (Fsp3) is 0.306. The average Bonchev–Trinajstić information content (AvgIpc) is 3.23. The first-order valence-corrected chi connectivity index (χ1v) is 14.9. The van der Waals surface area contributed by atoms with Crippen LogP contribution in [0.4, 0.5) is 17.1 Å². The lowest BCUT2D eigenvalue weighted by molar-refractivity contribution is 0.0985. The number of rotatable bonds is 7. The Kier molecular flexibility index (Phi) is 6.77. The third-order valence-corrected chi connectivity index (χ3v) is 8.94. The van der Waals surface area contributed by atoms with E-state index in [4.69, 9.17) is 4.74 Å². The number of ether oxygens (including phenoxy) is 1. The van der Waals surface area contributed by atoms with Gasteiger partial charge in [0.2, 0.25) is 0 Å². The molecule has 4 aromatic carbocycles. The molecule has 41 heavy (non-hydrogen) atoms. The van der Waals surface area contributed by atoms with Gasteiger partial charge < -0.3 is 14.5 Å². The zero-order valence-electron chi connectivity index (χ0n) is 25.0. The minimum atomic E-state index is -0.878. The molecule has 2 aliphatic heterocycles. The van der Waals surface area contributed by atoms with Gasteiger partial charge in [-0.3, -0.25) is 9.69 Å². The third-order valence-electron chi connectivity index (χ3n) is 8.94. The highest BCUT2D eigenvalue weighted by Gasteiger charge is 2.57. The second-order valence-corrected chi connectivity index (χ2v) is 10.9. The third kappa shape index (κ3) is 3.86. The van der Waals surface area contributed by atoms with E-state index in [-0.39, 0.29) is 5.91 Å². The molecule has 210 valence electrons. The first-order valence-electron chi connectivity index (χ1n) is 14.9. The van der Waals surface area contributed by atoms with E-state index in [1.54, 1.807) is 0 Å². The molecule has 0 fully saturated rings. The van der Waals surface area contributed by atoms with Crippen LogP contribution in [0.5, 0.6) is 11.5 Å². The normalized spacial score (nSPS) is 14.4. The molecule has 4 aromatic rings. The lowest BCUT2D eigenvalue weighted by Gasteiger charge is -2.45. The highest BCUT2D eigenvalue weighted by Crippen LogP contribution is 2.59. The first kappa shape index (κ1) is 26.9. The van der Waals surface area contributed by atoms with Gasteiger partial charge in [0.25, 0.3) is 5.91 Å². The Hall–Kier alpha value is -4.25. The van der Waals surface area contributed by atoms with Crippen molar-refractivity contribution < 1.29 is 9.53 Å². The molecule has 6 rings (SSSR count). The van der Waals surface area contributed by atoms with Crippen LogP contribution in [-0.4, -0.2) is 32.1 Å². The smallest absolute Gasteiger partial charge is 0.260 e. The van der Waals surface area contributed by atoms with Crippen molar-refractivity contribution >= 4 is 23.0 Å². The van der Waals surface area contributed by atoms with Crippen LogP contribution in [0.1, 0.15) is 65.9 Å². The zero-order valence-corrected chi connectivity index (χ0v) is 25.0. The Morgan fingerprint density at radius 1 is 0.659 bits per heavy atom. The van der Waals surface area contributed by atoms with Gasteiger partial charge in [-0.15, -0.1) is 0 Å². The average molecular weight is 546 g/mol. The number of carbonyl (C=O) groups is 1. The summed E-state index contributed by atoms with van der Waals surface area (Å²) >= 11 is 0. The standard InChI is InChI=1S/C36H39N3O2/c1-7-37(8-2)26-18-20-30-32(22-26)41-33-23-27(38(9-3)10-4)19-21-31(33)36(30)29-17-12-11-16-28(29)35(40)39(36)34-24(5)14-13-15-25(34)6/h11-23H,7-10H2,1-6H3.